The highest BCUT2D eigenvalue weighted by atomic mass is 32.1. The molecule has 7 nitrogen and oxygen atoms in total. The van der Waals surface area contributed by atoms with Gasteiger partial charge in [0.25, 0.3) is 11.6 Å². The summed E-state index contributed by atoms with van der Waals surface area (Å²) in [6, 6.07) is 6.24. The van der Waals surface area contributed by atoms with Crippen LogP contribution in [0, 0.1) is 10.1 Å². The number of hydrogen-bond acceptors (Lipinski definition) is 6. The van der Waals surface area contributed by atoms with E-state index in [-0.39, 0.29) is 11.6 Å². The first kappa shape index (κ1) is 14.6. The van der Waals surface area contributed by atoms with Crippen LogP contribution in [0.4, 0.5) is 10.8 Å². The van der Waals surface area contributed by atoms with E-state index in [1.807, 2.05) is 0 Å². The first-order valence-electron chi connectivity index (χ1n) is 6.76. The van der Waals surface area contributed by atoms with Gasteiger partial charge in [-0.25, -0.2) is 4.98 Å². The van der Waals surface area contributed by atoms with Crippen molar-refractivity contribution in [3.63, 3.8) is 0 Å². The molecule has 2 heterocycles. The molecule has 0 unspecified atom stereocenters. The summed E-state index contributed by atoms with van der Waals surface area (Å²) in [4.78, 5) is 26.6. The molecule has 114 valence electrons. The first-order valence-corrected chi connectivity index (χ1v) is 7.64. The molecular formula is C14H13N3O4S. The largest absolute Gasteiger partial charge is 0.368 e. The van der Waals surface area contributed by atoms with Crippen molar-refractivity contribution in [3.8, 4) is 11.3 Å². The van der Waals surface area contributed by atoms with E-state index in [2.05, 4.69) is 10.3 Å². The second kappa shape index (κ2) is 6.20. The maximum absolute atomic E-state index is 11.9. The minimum Gasteiger partial charge on any atom is -0.368 e. The zero-order chi connectivity index (χ0) is 15.5. The van der Waals surface area contributed by atoms with E-state index in [1.54, 1.807) is 17.5 Å². The quantitative estimate of drug-likeness (QED) is 0.690. The topological polar surface area (TPSA) is 94.4 Å². The van der Waals surface area contributed by atoms with Crippen LogP contribution in [0.2, 0.25) is 0 Å². The second-order valence-corrected chi connectivity index (χ2v) is 5.69. The number of rotatable bonds is 4. The number of carbonyl (C=O) groups is 1. The van der Waals surface area contributed by atoms with Gasteiger partial charge in [-0.15, -0.1) is 11.3 Å². The lowest BCUT2D eigenvalue weighted by Crippen LogP contribution is -2.26. The van der Waals surface area contributed by atoms with Gasteiger partial charge in [-0.05, 0) is 12.8 Å². The van der Waals surface area contributed by atoms with Crippen LogP contribution in [-0.2, 0) is 9.53 Å². The number of hydrogen-bond donors (Lipinski definition) is 1. The molecule has 0 bridgehead atoms. The molecule has 2 aromatic rings. The monoisotopic (exact) mass is 319 g/mol. The van der Waals surface area contributed by atoms with Crippen molar-refractivity contribution in [2.45, 2.75) is 18.9 Å². The lowest BCUT2D eigenvalue weighted by Gasteiger charge is -2.07. The molecule has 0 saturated carbocycles. The number of benzene rings is 1. The molecule has 0 aliphatic carbocycles. The number of anilines is 1. The highest BCUT2D eigenvalue weighted by Crippen LogP contribution is 2.27. The molecule has 0 radical (unpaired) electrons. The fourth-order valence-electron chi connectivity index (χ4n) is 2.21. The minimum absolute atomic E-state index is 0.00967. The molecule has 1 N–H and O–H groups in total. The van der Waals surface area contributed by atoms with Crippen LogP contribution < -0.4 is 5.32 Å². The van der Waals surface area contributed by atoms with Gasteiger partial charge in [0.1, 0.15) is 6.10 Å². The minimum atomic E-state index is -0.448. The van der Waals surface area contributed by atoms with Gasteiger partial charge < -0.3 is 4.74 Å². The summed E-state index contributed by atoms with van der Waals surface area (Å²) in [6.45, 7) is 0.606. The lowest BCUT2D eigenvalue weighted by atomic mass is 10.1. The SMILES string of the molecule is O=C(Nc1nc(-c2cccc([N+](=O)[O-])c2)cs1)[C@H]1CCCO1. The summed E-state index contributed by atoms with van der Waals surface area (Å²) < 4.78 is 5.31. The molecule has 1 aliphatic heterocycles. The van der Waals surface area contributed by atoms with E-state index >= 15 is 0 Å². The number of nitrogens with one attached hydrogen (secondary N) is 1. The highest BCUT2D eigenvalue weighted by Gasteiger charge is 2.24. The van der Waals surface area contributed by atoms with E-state index in [0.29, 0.717) is 23.0 Å². The van der Waals surface area contributed by atoms with E-state index in [9.17, 15) is 14.9 Å². The molecule has 8 heteroatoms. The van der Waals surface area contributed by atoms with Crippen LogP contribution in [0.15, 0.2) is 29.6 Å². The molecule has 1 aliphatic rings. The third kappa shape index (κ3) is 3.12. The van der Waals surface area contributed by atoms with Gasteiger partial charge in [-0.2, -0.15) is 0 Å². The molecule has 3 rings (SSSR count). The molecule has 0 spiro atoms. The van der Waals surface area contributed by atoms with Crippen LogP contribution in [0.3, 0.4) is 0 Å². The smallest absolute Gasteiger partial charge is 0.270 e. The summed E-state index contributed by atoms with van der Waals surface area (Å²) in [5.41, 5.74) is 1.25. The van der Waals surface area contributed by atoms with Gasteiger partial charge in [0.2, 0.25) is 0 Å². The van der Waals surface area contributed by atoms with Crippen molar-refractivity contribution in [1.82, 2.24) is 4.98 Å². The number of aromatic nitrogens is 1. The number of thiazole rings is 1. The Bertz CT molecular complexity index is 710. The Balaban J connectivity index is 1.74. The highest BCUT2D eigenvalue weighted by molar-refractivity contribution is 7.14. The van der Waals surface area contributed by atoms with Crippen molar-refractivity contribution < 1.29 is 14.5 Å². The fraction of sp³-hybridized carbons (Fsp3) is 0.286. The fourth-order valence-corrected chi connectivity index (χ4v) is 2.94. The average Bonchev–Trinajstić information content (AvgIpc) is 3.19. The predicted octanol–water partition coefficient (Wildman–Crippen LogP) is 2.84. The standard InChI is InChI=1S/C14H13N3O4S/c18-13(12-5-2-6-21-12)16-14-15-11(8-22-14)9-3-1-4-10(7-9)17(19)20/h1,3-4,7-8,12H,2,5-6H2,(H,15,16,18)/t12-/m1/s1. The van der Waals surface area contributed by atoms with Gasteiger partial charge in [-0.3, -0.25) is 20.2 Å². The Morgan fingerprint density at radius 3 is 3.09 bits per heavy atom. The molecule has 22 heavy (non-hydrogen) atoms. The van der Waals surface area contributed by atoms with Crippen LogP contribution in [0.5, 0.6) is 0 Å². The molecule has 1 aromatic heterocycles. The van der Waals surface area contributed by atoms with E-state index in [1.165, 1.54) is 23.5 Å². The van der Waals surface area contributed by atoms with Crippen molar-refractivity contribution >= 4 is 28.1 Å². The summed E-state index contributed by atoms with van der Waals surface area (Å²) >= 11 is 1.28. The molecular weight excluding hydrogens is 306 g/mol. The van der Waals surface area contributed by atoms with Gasteiger partial charge in [-0.1, -0.05) is 12.1 Å². The number of non-ortho nitro benzene ring substituents is 1. The zero-order valence-corrected chi connectivity index (χ0v) is 12.3. The van der Waals surface area contributed by atoms with Gasteiger partial charge in [0, 0.05) is 29.7 Å². The Morgan fingerprint density at radius 1 is 1.50 bits per heavy atom. The number of carbonyl (C=O) groups excluding carboxylic acids is 1. The van der Waals surface area contributed by atoms with Gasteiger partial charge >= 0.3 is 0 Å². The van der Waals surface area contributed by atoms with Crippen molar-refractivity contribution in [3.05, 3.63) is 39.8 Å². The first-order chi connectivity index (χ1) is 10.6. The number of amides is 1. The molecule has 1 saturated heterocycles. The third-order valence-electron chi connectivity index (χ3n) is 3.31. The van der Waals surface area contributed by atoms with Gasteiger partial charge in [0.15, 0.2) is 5.13 Å². The van der Waals surface area contributed by atoms with Crippen LogP contribution >= 0.6 is 11.3 Å². The predicted molar refractivity (Wildman–Crippen MR) is 81.8 cm³/mol. The number of nitro groups is 1. The maximum atomic E-state index is 11.9. The van der Waals surface area contributed by atoms with E-state index in [4.69, 9.17) is 4.74 Å². The molecule has 1 amide bonds. The molecule has 1 atom stereocenters. The van der Waals surface area contributed by atoms with Crippen LogP contribution in [0.1, 0.15) is 12.8 Å². The molecule has 1 aromatic carbocycles. The van der Waals surface area contributed by atoms with Crippen molar-refractivity contribution in [1.29, 1.82) is 0 Å². The second-order valence-electron chi connectivity index (χ2n) is 4.84. The van der Waals surface area contributed by atoms with E-state index in [0.717, 1.165) is 12.8 Å². The average molecular weight is 319 g/mol. The Labute approximate surface area is 130 Å². The summed E-state index contributed by atoms with van der Waals surface area (Å²) in [5.74, 6) is -0.197. The zero-order valence-electron chi connectivity index (χ0n) is 11.5. The Morgan fingerprint density at radius 2 is 2.36 bits per heavy atom. The number of nitrogens with zero attached hydrogens (tertiary/aromatic N) is 2. The van der Waals surface area contributed by atoms with Crippen molar-refractivity contribution in [2.75, 3.05) is 11.9 Å². The number of ether oxygens (including phenoxy) is 1. The Hall–Kier alpha value is -2.32. The van der Waals surface area contributed by atoms with Crippen molar-refractivity contribution in [2.24, 2.45) is 0 Å². The third-order valence-corrected chi connectivity index (χ3v) is 4.07. The van der Waals surface area contributed by atoms with Crippen LogP contribution in [0.25, 0.3) is 11.3 Å². The summed E-state index contributed by atoms with van der Waals surface area (Å²) in [6.07, 6.45) is 1.19. The molecule has 1 fully saturated rings. The number of nitro benzene ring substituents is 1. The normalized spacial score (nSPS) is 17.4. The van der Waals surface area contributed by atoms with Gasteiger partial charge in [0.05, 0.1) is 10.6 Å². The maximum Gasteiger partial charge on any atom is 0.270 e. The lowest BCUT2D eigenvalue weighted by molar-refractivity contribution is -0.384. The summed E-state index contributed by atoms with van der Waals surface area (Å²) in [7, 11) is 0. The summed E-state index contributed by atoms with van der Waals surface area (Å²) in [5, 5.41) is 15.7. The van der Waals surface area contributed by atoms with Crippen LogP contribution in [-0.4, -0.2) is 28.5 Å². The van der Waals surface area contributed by atoms with E-state index < -0.39 is 11.0 Å². The Kier molecular flexibility index (Phi) is 4.12.